The van der Waals surface area contributed by atoms with E-state index in [1.807, 2.05) is 37.4 Å². The SMILES string of the molecule is CCc1ccc(OCC(NC)c2ccccc2)c(OC)c1. The molecule has 0 aromatic heterocycles. The molecule has 0 aliphatic rings. The molecule has 0 aliphatic carbocycles. The molecule has 0 fully saturated rings. The Labute approximate surface area is 126 Å². The van der Waals surface area contributed by atoms with E-state index in [-0.39, 0.29) is 6.04 Å². The molecule has 0 radical (unpaired) electrons. The summed E-state index contributed by atoms with van der Waals surface area (Å²) in [4.78, 5) is 0. The van der Waals surface area contributed by atoms with Crippen LogP contribution in [-0.4, -0.2) is 20.8 Å². The fourth-order valence-electron chi connectivity index (χ4n) is 2.26. The van der Waals surface area contributed by atoms with Crippen LogP contribution < -0.4 is 14.8 Å². The van der Waals surface area contributed by atoms with Crippen molar-refractivity contribution in [3.8, 4) is 11.5 Å². The predicted octanol–water partition coefficient (Wildman–Crippen LogP) is 3.60. The summed E-state index contributed by atoms with van der Waals surface area (Å²) in [6.45, 7) is 2.68. The van der Waals surface area contributed by atoms with E-state index in [0.717, 1.165) is 17.9 Å². The molecule has 0 saturated carbocycles. The molecule has 2 aromatic rings. The zero-order valence-electron chi connectivity index (χ0n) is 12.9. The molecule has 21 heavy (non-hydrogen) atoms. The monoisotopic (exact) mass is 285 g/mol. The summed E-state index contributed by atoms with van der Waals surface area (Å²) in [5.74, 6) is 1.57. The molecule has 2 aromatic carbocycles. The molecule has 0 saturated heterocycles. The van der Waals surface area contributed by atoms with Crippen molar-refractivity contribution in [3.05, 3.63) is 59.7 Å². The lowest BCUT2D eigenvalue weighted by atomic mass is 10.1. The summed E-state index contributed by atoms with van der Waals surface area (Å²) >= 11 is 0. The number of rotatable bonds is 7. The first-order chi connectivity index (χ1) is 10.3. The van der Waals surface area contributed by atoms with Crippen LogP contribution in [0.3, 0.4) is 0 Å². The Kier molecular flexibility index (Phi) is 5.64. The lowest BCUT2D eigenvalue weighted by molar-refractivity contribution is 0.259. The number of nitrogens with one attached hydrogen (secondary N) is 1. The van der Waals surface area contributed by atoms with Gasteiger partial charge in [-0.3, -0.25) is 0 Å². The molecule has 0 heterocycles. The number of ether oxygens (including phenoxy) is 2. The van der Waals surface area contributed by atoms with Crippen molar-refractivity contribution in [2.75, 3.05) is 20.8 Å². The van der Waals surface area contributed by atoms with E-state index in [9.17, 15) is 0 Å². The molecule has 2 rings (SSSR count). The van der Waals surface area contributed by atoms with Crippen molar-refractivity contribution in [2.45, 2.75) is 19.4 Å². The maximum absolute atomic E-state index is 5.95. The minimum absolute atomic E-state index is 0.154. The van der Waals surface area contributed by atoms with Gasteiger partial charge in [0.15, 0.2) is 11.5 Å². The van der Waals surface area contributed by atoms with Gasteiger partial charge in [-0.25, -0.2) is 0 Å². The quantitative estimate of drug-likeness (QED) is 0.843. The second kappa shape index (κ2) is 7.70. The molecule has 0 bridgehead atoms. The van der Waals surface area contributed by atoms with E-state index in [1.54, 1.807) is 7.11 Å². The Morgan fingerprint density at radius 2 is 1.81 bits per heavy atom. The zero-order chi connectivity index (χ0) is 15.1. The molecule has 1 unspecified atom stereocenters. The molecule has 0 spiro atoms. The second-order valence-electron chi connectivity index (χ2n) is 4.90. The van der Waals surface area contributed by atoms with Crippen LogP contribution >= 0.6 is 0 Å². The van der Waals surface area contributed by atoms with E-state index >= 15 is 0 Å². The Balaban J connectivity index is 2.08. The number of hydrogen-bond acceptors (Lipinski definition) is 3. The first-order valence-corrected chi connectivity index (χ1v) is 7.30. The molecule has 0 aliphatic heterocycles. The van der Waals surface area contributed by atoms with Gasteiger partial charge in [0.25, 0.3) is 0 Å². The van der Waals surface area contributed by atoms with E-state index in [2.05, 4.69) is 30.4 Å². The highest BCUT2D eigenvalue weighted by molar-refractivity contribution is 5.43. The second-order valence-corrected chi connectivity index (χ2v) is 4.90. The molecule has 1 atom stereocenters. The van der Waals surface area contributed by atoms with Gasteiger partial charge < -0.3 is 14.8 Å². The topological polar surface area (TPSA) is 30.5 Å². The van der Waals surface area contributed by atoms with Gasteiger partial charge in [0.05, 0.1) is 13.2 Å². The molecule has 3 nitrogen and oxygen atoms in total. The van der Waals surface area contributed by atoms with Crippen molar-refractivity contribution in [1.82, 2.24) is 5.32 Å². The largest absolute Gasteiger partial charge is 0.493 e. The molecule has 0 amide bonds. The smallest absolute Gasteiger partial charge is 0.161 e. The summed E-state index contributed by atoms with van der Waals surface area (Å²) in [6.07, 6.45) is 0.986. The average Bonchev–Trinajstić information content (AvgIpc) is 2.56. The molecule has 1 N–H and O–H groups in total. The zero-order valence-corrected chi connectivity index (χ0v) is 12.9. The van der Waals surface area contributed by atoms with Crippen LogP contribution in [0.1, 0.15) is 24.1 Å². The molecular weight excluding hydrogens is 262 g/mol. The number of methoxy groups -OCH3 is 1. The third-order valence-electron chi connectivity index (χ3n) is 3.59. The van der Waals surface area contributed by atoms with Crippen molar-refractivity contribution in [1.29, 1.82) is 0 Å². The van der Waals surface area contributed by atoms with Gasteiger partial charge in [0.1, 0.15) is 6.61 Å². The highest BCUT2D eigenvalue weighted by Gasteiger charge is 2.12. The Morgan fingerprint density at radius 3 is 2.43 bits per heavy atom. The maximum atomic E-state index is 5.95. The molecule has 112 valence electrons. The van der Waals surface area contributed by atoms with Crippen molar-refractivity contribution >= 4 is 0 Å². The van der Waals surface area contributed by atoms with Gasteiger partial charge >= 0.3 is 0 Å². The molecule has 3 heteroatoms. The summed E-state index contributed by atoms with van der Waals surface area (Å²) in [5, 5.41) is 3.28. The third kappa shape index (κ3) is 3.99. The average molecular weight is 285 g/mol. The fourth-order valence-corrected chi connectivity index (χ4v) is 2.26. The van der Waals surface area contributed by atoms with Crippen molar-refractivity contribution in [3.63, 3.8) is 0 Å². The Bertz CT molecular complexity index is 554. The lowest BCUT2D eigenvalue weighted by Gasteiger charge is -2.19. The van der Waals surface area contributed by atoms with Gasteiger partial charge in [-0.1, -0.05) is 43.3 Å². The van der Waals surface area contributed by atoms with E-state index < -0.39 is 0 Å². The number of likely N-dealkylation sites (N-methyl/N-ethyl adjacent to an activating group) is 1. The summed E-state index contributed by atoms with van der Waals surface area (Å²) in [7, 11) is 3.62. The number of hydrogen-bond donors (Lipinski definition) is 1. The van der Waals surface area contributed by atoms with Crippen LogP contribution in [0.4, 0.5) is 0 Å². The number of aryl methyl sites for hydroxylation is 1. The minimum atomic E-state index is 0.154. The minimum Gasteiger partial charge on any atom is -0.493 e. The predicted molar refractivity (Wildman–Crippen MR) is 86.1 cm³/mol. The van der Waals surface area contributed by atoms with Gasteiger partial charge in [0, 0.05) is 0 Å². The van der Waals surface area contributed by atoms with Gasteiger partial charge in [-0.05, 0) is 36.7 Å². The summed E-state index contributed by atoms with van der Waals surface area (Å²) < 4.78 is 11.4. The van der Waals surface area contributed by atoms with Crippen LogP contribution in [0.2, 0.25) is 0 Å². The first kappa shape index (κ1) is 15.4. The van der Waals surface area contributed by atoms with Gasteiger partial charge in [-0.2, -0.15) is 0 Å². The normalized spacial score (nSPS) is 12.0. The Hall–Kier alpha value is -2.00. The van der Waals surface area contributed by atoms with E-state index in [1.165, 1.54) is 11.1 Å². The maximum Gasteiger partial charge on any atom is 0.161 e. The van der Waals surface area contributed by atoms with Crippen LogP contribution in [-0.2, 0) is 6.42 Å². The van der Waals surface area contributed by atoms with E-state index in [4.69, 9.17) is 9.47 Å². The Morgan fingerprint density at radius 1 is 1.05 bits per heavy atom. The van der Waals surface area contributed by atoms with Crippen LogP contribution in [0.25, 0.3) is 0 Å². The standard InChI is InChI=1S/C18H23NO2/c1-4-14-10-11-17(18(12-14)20-3)21-13-16(19-2)15-8-6-5-7-9-15/h5-12,16,19H,4,13H2,1-3H3. The van der Waals surface area contributed by atoms with E-state index in [0.29, 0.717) is 6.61 Å². The lowest BCUT2D eigenvalue weighted by Crippen LogP contribution is -2.23. The van der Waals surface area contributed by atoms with Gasteiger partial charge in [0.2, 0.25) is 0 Å². The van der Waals surface area contributed by atoms with Crippen LogP contribution in [0, 0.1) is 0 Å². The molecular formula is C18H23NO2. The number of benzene rings is 2. The third-order valence-corrected chi connectivity index (χ3v) is 3.59. The van der Waals surface area contributed by atoms with Crippen LogP contribution in [0.15, 0.2) is 48.5 Å². The highest BCUT2D eigenvalue weighted by atomic mass is 16.5. The first-order valence-electron chi connectivity index (χ1n) is 7.30. The summed E-state index contributed by atoms with van der Waals surface area (Å²) in [6, 6.07) is 16.5. The van der Waals surface area contributed by atoms with Gasteiger partial charge in [-0.15, -0.1) is 0 Å². The summed E-state index contributed by atoms with van der Waals surface area (Å²) in [5.41, 5.74) is 2.46. The van der Waals surface area contributed by atoms with Crippen LogP contribution in [0.5, 0.6) is 11.5 Å². The van der Waals surface area contributed by atoms with Crippen molar-refractivity contribution < 1.29 is 9.47 Å². The highest BCUT2D eigenvalue weighted by Crippen LogP contribution is 2.29. The fraction of sp³-hybridized carbons (Fsp3) is 0.333. The van der Waals surface area contributed by atoms with Crippen molar-refractivity contribution in [2.24, 2.45) is 0 Å².